The lowest BCUT2D eigenvalue weighted by atomic mass is 9.54. The third-order valence-electron chi connectivity index (χ3n) is 6.63. The minimum atomic E-state index is -0.356. The van der Waals surface area contributed by atoms with Crippen LogP contribution in [0.25, 0.3) is 0 Å². The fourth-order valence-electron chi connectivity index (χ4n) is 5.70. The van der Waals surface area contributed by atoms with E-state index in [-0.39, 0.29) is 17.4 Å². The number of phenolic OH excluding ortho intramolecular Hbond substituents is 1. The van der Waals surface area contributed by atoms with E-state index < -0.39 is 0 Å². The van der Waals surface area contributed by atoms with Gasteiger partial charge in [-0.2, -0.15) is 0 Å². The summed E-state index contributed by atoms with van der Waals surface area (Å²) in [6.45, 7) is 2.26. The van der Waals surface area contributed by atoms with Crippen LogP contribution in [-0.2, 0) is 11.3 Å². The SMILES string of the molecule is CO/N=C1\CC[C@H]2[C@@H]3CCc4cc(O)ccc4[C@H]3[C@@H](O)C[C@]12C. The summed E-state index contributed by atoms with van der Waals surface area (Å²) in [7, 11) is 1.61. The fraction of sp³-hybridized carbons (Fsp3) is 0.632. The number of aromatic hydroxyl groups is 1. The number of hydrogen-bond donors (Lipinski definition) is 2. The molecule has 0 saturated heterocycles. The number of phenols is 1. The molecule has 0 bridgehead atoms. The van der Waals surface area contributed by atoms with E-state index in [9.17, 15) is 10.2 Å². The predicted molar refractivity (Wildman–Crippen MR) is 88.6 cm³/mol. The first kappa shape index (κ1) is 15.0. The number of aryl methyl sites for hydroxylation is 1. The van der Waals surface area contributed by atoms with Crippen molar-refractivity contribution in [1.82, 2.24) is 0 Å². The van der Waals surface area contributed by atoms with Crippen LogP contribution in [0.2, 0.25) is 0 Å². The Morgan fingerprint density at radius 2 is 2.09 bits per heavy atom. The van der Waals surface area contributed by atoms with Crippen LogP contribution in [0.1, 0.15) is 49.7 Å². The molecular formula is C19H25NO3. The van der Waals surface area contributed by atoms with Gasteiger partial charge in [-0.3, -0.25) is 0 Å². The molecule has 124 valence electrons. The lowest BCUT2D eigenvalue weighted by Gasteiger charge is -2.51. The Morgan fingerprint density at radius 1 is 1.26 bits per heavy atom. The number of rotatable bonds is 1. The van der Waals surface area contributed by atoms with E-state index in [1.165, 1.54) is 11.1 Å². The molecule has 1 aromatic rings. The highest BCUT2D eigenvalue weighted by molar-refractivity contribution is 5.92. The van der Waals surface area contributed by atoms with E-state index in [2.05, 4.69) is 12.1 Å². The zero-order chi connectivity index (χ0) is 16.2. The lowest BCUT2D eigenvalue weighted by molar-refractivity contribution is -0.0160. The summed E-state index contributed by atoms with van der Waals surface area (Å²) in [5, 5.41) is 25.0. The van der Waals surface area contributed by atoms with Crippen LogP contribution in [0, 0.1) is 17.3 Å². The molecule has 3 aliphatic rings. The summed E-state index contributed by atoms with van der Waals surface area (Å²) in [4.78, 5) is 5.06. The predicted octanol–water partition coefficient (Wildman–Crippen LogP) is 3.22. The van der Waals surface area contributed by atoms with E-state index in [1.54, 1.807) is 13.2 Å². The van der Waals surface area contributed by atoms with E-state index in [0.717, 1.165) is 37.8 Å². The molecule has 0 heterocycles. The molecule has 3 aliphatic carbocycles. The van der Waals surface area contributed by atoms with Crippen molar-refractivity contribution in [2.75, 3.05) is 7.11 Å². The van der Waals surface area contributed by atoms with E-state index >= 15 is 0 Å². The van der Waals surface area contributed by atoms with Crippen LogP contribution < -0.4 is 0 Å². The molecule has 4 heteroatoms. The van der Waals surface area contributed by atoms with Crippen molar-refractivity contribution >= 4 is 5.71 Å². The minimum Gasteiger partial charge on any atom is -0.508 e. The second kappa shape index (κ2) is 5.23. The molecule has 2 fully saturated rings. The van der Waals surface area contributed by atoms with Crippen molar-refractivity contribution in [2.45, 2.75) is 51.0 Å². The van der Waals surface area contributed by atoms with Gasteiger partial charge < -0.3 is 15.1 Å². The topological polar surface area (TPSA) is 62.0 Å². The Labute approximate surface area is 137 Å². The summed E-state index contributed by atoms with van der Waals surface area (Å²) in [5.41, 5.74) is 3.53. The lowest BCUT2D eigenvalue weighted by Crippen LogP contribution is -2.49. The number of fused-ring (bicyclic) bond motifs is 5. The third-order valence-corrected chi connectivity index (χ3v) is 6.63. The minimum absolute atomic E-state index is 0.0367. The Hall–Kier alpha value is -1.55. The molecule has 4 rings (SSSR count). The highest BCUT2D eigenvalue weighted by Crippen LogP contribution is 2.60. The van der Waals surface area contributed by atoms with Gasteiger partial charge in [-0.25, -0.2) is 0 Å². The van der Waals surface area contributed by atoms with Gasteiger partial charge in [-0.1, -0.05) is 18.1 Å². The fourth-order valence-corrected chi connectivity index (χ4v) is 5.70. The first-order chi connectivity index (χ1) is 11.0. The maximum atomic E-state index is 11.0. The van der Waals surface area contributed by atoms with Crippen molar-refractivity contribution in [2.24, 2.45) is 22.4 Å². The smallest absolute Gasteiger partial charge is 0.115 e. The quantitative estimate of drug-likeness (QED) is 0.782. The second-order valence-corrected chi connectivity index (χ2v) is 7.67. The molecule has 0 aromatic heterocycles. The second-order valence-electron chi connectivity index (χ2n) is 7.67. The normalized spacial score (nSPS) is 40.4. The monoisotopic (exact) mass is 315 g/mol. The Bertz CT molecular complexity index is 656. The molecule has 2 saturated carbocycles. The number of oxime groups is 1. The van der Waals surface area contributed by atoms with E-state index in [1.807, 2.05) is 12.1 Å². The number of nitrogens with zero attached hydrogens (tertiary/aromatic N) is 1. The van der Waals surface area contributed by atoms with Crippen LogP contribution >= 0.6 is 0 Å². The van der Waals surface area contributed by atoms with Crippen molar-refractivity contribution in [3.63, 3.8) is 0 Å². The van der Waals surface area contributed by atoms with Crippen molar-refractivity contribution in [3.05, 3.63) is 29.3 Å². The van der Waals surface area contributed by atoms with Crippen LogP contribution in [0.15, 0.2) is 23.4 Å². The number of hydrogen-bond acceptors (Lipinski definition) is 4. The van der Waals surface area contributed by atoms with Crippen LogP contribution in [0.3, 0.4) is 0 Å². The Kier molecular flexibility index (Phi) is 3.41. The van der Waals surface area contributed by atoms with Gasteiger partial charge in [0.2, 0.25) is 0 Å². The van der Waals surface area contributed by atoms with Gasteiger partial charge in [0, 0.05) is 11.3 Å². The van der Waals surface area contributed by atoms with Crippen molar-refractivity contribution < 1.29 is 15.1 Å². The van der Waals surface area contributed by atoms with Gasteiger partial charge in [0.1, 0.15) is 12.9 Å². The van der Waals surface area contributed by atoms with Gasteiger partial charge in [-0.05, 0) is 67.2 Å². The molecule has 1 aromatic carbocycles. The molecule has 2 N–H and O–H groups in total. The first-order valence-corrected chi connectivity index (χ1v) is 8.65. The highest BCUT2D eigenvalue weighted by Gasteiger charge is 2.56. The maximum absolute atomic E-state index is 11.0. The number of aliphatic hydroxyl groups excluding tert-OH is 1. The van der Waals surface area contributed by atoms with Gasteiger partial charge in [0.15, 0.2) is 0 Å². The van der Waals surface area contributed by atoms with Crippen LogP contribution in [0.4, 0.5) is 0 Å². The molecule has 0 amide bonds. The zero-order valence-electron chi connectivity index (χ0n) is 13.8. The third kappa shape index (κ3) is 2.11. The van der Waals surface area contributed by atoms with Crippen molar-refractivity contribution in [3.8, 4) is 5.75 Å². The average molecular weight is 315 g/mol. The molecule has 0 aliphatic heterocycles. The van der Waals surface area contributed by atoms with Gasteiger partial charge in [-0.15, -0.1) is 0 Å². The Balaban J connectivity index is 1.74. The average Bonchev–Trinajstić information content (AvgIpc) is 2.83. The maximum Gasteiger partial charge on any atom is 0.115 e. The highest BCUT2D eigenvalue weighted by atomic mass is 16.6. The van der Waals surface area contributed by atoms with Gasteiger partial charge in [0.05, 0.1) is 11.8 Å². The van der Waals surface area contributed by atoms with Gasteiger partial charge >= 0.3 is 0 Å². The zero-order valence-corrected chi connectivity index (χ0v) is 13.8. The summed E-state index contributed by atoms with van der Waals surface area (Å²) >= 11 is 0. The largest absolute Gasteiger partial charge is 0.508 e. The number of benzene rings is 1. The van der Waals surface area contributed by atoms with E-state index in [4.69, 9.17) is 4.84 Å². The molecule has 4 nitrogen and oxygen atoms in total. The summed E-state index contributed by atoms with van der Waals surface area (Å²) in [5.74, 6) is 1.57. The standard InChI is InChI=1S/C19H25NO3/c1-19-10-16(22)18-13-6-4-12(21)9-11(13)3-5-14(18)15(19)7-8-17(19)20-23-2/h4,6,9,14-16,18,21-22H,3,5,7-8,10H2,1-2H3/b20-17+/t14-,15-,16-,18+,19-/m0/s1. The van der Waals surface area contributed by atoms with E-state index in [0.29, 0.717) is 17.6 Å². The Morgan fingerprint density at radius 3 is 2.87 bits per heavy atom. The molecular weight excluding hydrogens is 290 g/mol. The molecule has 0 unspecified atom stereocenters. The molecule has 5 atom stereocenters. The van der Waals surface area contributed by atoms with Crippen LogP contribution in [0.5, 0.6) is 5.75 Å². The van der Waals surface area contributed by atoms with Crippen LogP contribution in [-0.4, -0.2) is 29.1 Å². The summed E-state index contributed by atoms with van der Waals surface area (Å²) in [6.07, 6.45) is 4.58. The number of aliphatic hydroxyl groups is 1. The summed E-state index contributed by atoms with van der Waals surface area (Å²) in [6, 6.07) is 5.65. The molecule has 0 radical (unpaired) electrons. The molecule has 23 heavy (non-hydrogen) atoms. The molecule has 0 spiro atoms. The van der Waals surface area contributed by atoms with Gasteiger partial charge in [0.25, 0.3) is 0 Å². The first-order valence-electron chi connectivity index (χ1n) is 8.65. The summed E-state index contributed by atoms with van der Waals surface area (Å²) < 4.78 is 0. The van der Waals surface area contributed by atoms with Crippen molar-refractivity contribution in [1.29, 1.82) is 0 Å².